The van der Waals surface area contributed by atoms with Gasteiger partial charge in [0.05, 0.1) is 0 Å². The predicted octanol–water partition coefficient (Wildman–Crippen LogP) is 5.57. The number of benzene rings is 3. The summed E-state index contributed by atoms with van der Waals surface area (Å²) in [6, 6.07) is 28.9. The van der Waals surface area contributed by atoms with Crippen LogP contribution < -0.4 is 4.90 Å². The van der Waals surface area contributed by atoms with Gasteiger partial charge in [-0.2, -0.15) is 0 Å². The maximum Gasteiger partial charge on any atom is 0.118 e. The highest BCUT2D eigenvalue weighted by Crippen LogP contribution is 2.42. The van der Waals surface area contributed by atoms with Crippen molar-refractivity contribution in [1.29, 1.82) is 0 Å². The minimum Gasteiger partial charge on any atom is -0.380 e. The molecule has 0 aromatic heterocycles. The van der Waals surface area contributed by atoms with Gasteiger partial charge in [-0.25, -0.2) is 0 Å². The number of hydrogen-bond acceptors (Lipinski definition) is 2. The van der Waals surface area contributed by atoms with Crippen molar-refractivity contribution in [2.24, 2.45) is 5.92 Å². The molecule has 2 heteroatoms. The lowest BCUT2D eigenvalue weighted by molar-refractivity contribution is 0.00505. The lowest BCUT2D eigenvalue weighted by Gasteiger charge is -2.43. The molecule has 1 aliphatic rings. The Hall–Kier alpha value is -2.84. The lowest BCUT2D eigenvalue weighted by Crippen LogP contribution is -2.44. The van der Waals surface area contributed by atoms with E-state index in [0.717, 1.165) is 43.5 Å². The molecule has 0 radical (unpaired) electrons. The minimum atomic E-state index is -0.963. The van der Waals surface area contributed by atoms with Crippen LogP contribution in [-0.2, 0) is 12.0 Å². The molecular formula is C27H29NO. The summed E-state index contributed by atoms with van der Waals surface area (Å²) in [5, 5.41) is 12.0. The number of piperidine rings is 1. The van der Waals surface area contributed by atoms with E-state index in [1.807, 2.05) is 42.5 Å². The lowest BCUT2D eigenvalue weighted by atomic mass is 9.72. The van der Waals surface area contributed by atoms with E-state index in [-0.39, 0.29) is 5.92 Å². The number of nitrogens with zero attached hydrogens (tertiary/aromatic N) is 1. The van der Waals surface area contributed by atoms with Crippen LogP contribution in [0.4, 0.5) is 5.69 Å². The molecule has 1 fully saturated rings. The van der Waals surface area contributed by atoms with E-state index in [0.29, 0.717) is 0 Å². The quantitative estimate of drug-likeness (QED) is 0.563. The highest BCUT2D eigenvalue weighted by atomic mass is 16.3. The summed E-state index contributed by atoms with van der Waals surface area (Å²) in [5.74, 6) is 0.176. The van der Waals surface area contributed by atoms with Crippen LogP contribution in [0.1, 0.15) is 29.5 Å². The molecule has 1 N–H and O–H groups in total. The Morgan fingerprint density at radius 2 is 1.34 bits per heavy atom. The van der Waals surface area contributed by atoms with Gasteiger partial charge in [0.2, 0.25) is 0 Å². The van der Waals surface area contributed by atoms with Gasteiger partial charge in [-0.15, -0.1) is 6.58 Å². The second kappa shape index (κ2) is 8.67. The van der Waals surface area contributed by atoms with E-state index >= 15 is 0 Å². The molecular weight excluding hydrogens is 354 g/mol. The van der Waals surface area contributed by atoms with Crippen molar-refractivity contribution in [3.8, 4) is 0 Å². The van der Waals surface area contributed by atoms with E-state index in [2.05, 4.69) is 60.0 Å². The summed E-state index contributed by atoms with van der Waals surface area (Å²) in [6.45, 7) is 5.79. The highest BCUT2D eigenvalue weighted by Gasteiger charge is 2.41. The predicted molar refractivity (Wildman–Crippen MR) is 121 cm³/mol. The smallest absolute Gasteiger partial charge is 0.118 e. The number of allylic oxidation sites excluding steroid dienone is 1. The molecule has 1 heterocycles. The van der Waals surface area contributed by atoms with Gasteiger partial charge in [0.15, 0.2) is 0 Å². The molecule has 4 rings (SSSR count). The number of rotatable bonds is 6. The van der Waals surface area contributed by atoms with Crippen LogP contribution in [0.15, 0.2) is 97.6 Å². The van der Waals surface area contributed by atoms with Crippen molar-refractivity contribution in [3.63, 3.8) is 0 Å². The minimum absolute atomic E-state index is 0.176. The Morgan fingerprint density at radius 1 is 0.828 bits per heavy atom. The molecule has 2 nitrogen and oxygen atoms in total. The molecule has 1 aliphatic heterocycles. The molecule has 29 heavy (non-hydrogen) atoms. The summed E-state index contributed by atoms with van der Waals surface area (Å²) < 4.78 is 0. The zero-order valence-electron chi connectivity index (χ0n) is 16.9. The monoisotopic (exact) mass is 383 g/mol. The molecule has 0 aliphatic carbocycles. The van der Waals surface area contributed by atoms with E-state index in [4.69, 9.17) is 0 Å². The van der Waals surface area contributed by atoms with Gasteiger partial charge in [-0.1, -0.05) is 84.9 Å². The van der Waals surface area contributed by atoms with E-state index < -0.39 is 5.60 Å². The zero-order valence-corrected chi connectivity index (χ0v) is 16.9. The maximum absolute atomic E-state index is 12.0. The van der Waals surface area contributed by atoms with Crippen molar-refractivity contribution in [3.05, 3.63) is 114 Å². The summed E-state index contributed by atoms with van der Waals surface area (Å²) in [4.78, 5) is 2.46. The third kappa shape index (κ3) is 3.86. The average molecular weight is 384 g/mol. The van der Waals surface area contributed by atoms with Crippen LogP contribution in [0.5, 0.6) is 0 Å². The van der Waals surface area contributed by atoms with Crippen LogP contribution in [-0.4, -0.2) is 18.2 Å². The molecule has 148 valence electrons. The fourth-order valence-electron chi connectivity index (χ4n) is 4.71. The maximum atomic E-state index is 12.0. The van der Waals surface area contributed by atoms with Gasteiger partial charge >= 0.3 is 0 Å². The first-order valence-corrected chi connectivity index (χ1v) is 10.5. The van der Waals surface area contributed by atoms with Crippen molar-refractivity contribution >= 4 is 5.69 Å². The third-order valence-corrected chi connectivity index (χ3v) is 6.21. The van der Waals surface area contributed by atoms with E-state index in [9.17, 15) is 5.11 Å². The standard InChI is InChI=1S/C27H29NO/c1-2-11-22-12-9-10-17-26(22)28-20-18-25(19-21-28)27(29,23-13-5-3-6-14-23)24-15-7-4-8-16-24/h2-10,12-17,25,29H,1,11,18-21H2. The summed E-state index contributed by atoms with van der Waals surface area (Å²) >= 11 is 0. The number of anilines is 1. The second-order valence-electron chi connectivity index (χ2n) is 7.88. The van der Waals surface area contributed by atoms with E-state index in [1.165, 1.54) is 11.3 Å². The SMILES string of the molecule is C=CCc1ccccc1N1CCC(C(O)(c2ccccc2)c2ccccc2)CC1. The Morgan fingerprint density at radius 3 is 1.90 bits per heavy atom. The van der Waals surface area contributed by atoms with Gasteiger partial charge in [0.25, 0.3) is 0 Å². The summed E-state index contributed by atoms with van der Waals surface area (Å²) in [7, 11) is 0. The van der Waals surface area contributed by atoms with E-state index in [1.54, 1.807) is 0 Å². The van der Waals surface area contributed by atoms with Crippen LogP contribution in [0.2, 0.25) is 0 Å². The van der Waals surface area contributed by atoms with Gasteiger partial charge in [0.1, 0.15) is 5.60 Å². The molecule has 1 saturated heterocycles. The van der Waals surface area contributed by atoms with Crippen LogP contribution in [0.25, 0.3) is 0 Å². The Balaban J connectivity index is 1.61. The van der Waals surface area contributed by atoms with Crippen LogP contribution in [0, 0.1) is 5.92 Å². The van der Waals surface area contributed by atoms with Gasteiger partial charge in [-0.3, -0.25) is 0 Å². The summed E-state index contributed by atoms with van der Waals surface area (Å²) in [6.07, 6.45) is 4.74. The third-order valence-electron chi connectivity index (χ3n) is 6.21. The Kier molecular flexibility index (Phi) is 5.82. The molecule has 0 spiro atoms. The van der Waals surface area contributed by atoms with Crippen LogP contribution in [0.3, 0.4) is 0 Å². The van der Waals surface area contributed by atoms with Crippen molar-refractivity contribution < 1.29 is 5.11 Å². The Bertz CT molecular complexity index is 888. The number of hydrogen-bond donors (Lipinski definition) is 1. The number of aliphatic hydroxyl groups is 1. The molecule has 3 aromatic rings. The molecule has 0 atom stereocenters. The molecule has 0 saturated carbocycles. The highest BCUT2D eigenvalue weighted by molar-refractivity contribution is 5.54. The van der Waals surface area contributed by atoms with Crippen molar-refractivity contribution in [1.82, 2.24) is 0 Å². The van der Waals surface area contributed by atoms with Crippen LogP contribution >= 0.6 is 0 Å². The fraction of sp³-hybridized carbons (Fsp3) is 0.259. The van der Waals surface area contributed by atoms with Gasteiger partial charge in [0, 0.05) is 18.8 Å². The second-order valence-corrected chi connectivity index (χ2v) is 7.88. The molecule has 0 bridgehead atoms. The number of para-hydroxylation sites is 1. The summed E-state index contributed by atoms with van der Waals surface area (Å²) in [5.41, 5.74) is 3.62. The molecule has 3 aromatic carbocycles. The normalized spacial score (nSPS) is 15.3. The topological polar surface area (TPSA) is 23.5 Å². The fourth-order valence-corrected chi connectivity index (χ4v) is 4.71. The first-order chi connectivity index (χ1) is 14.2. The molecule has 0 amide bonds. The zero-order chi connectivity index (χ0) is 20.1. The Labute approximate surface area is 174 Å². The van der Waals surface area contributed by atoms with Gasteiger partial charge in [-0.05, 0) is 47.9 Å². The average Bonchev–Trinajstić information content (AvgIpc) is 2.80. The first kappa shape index (κ1) is 19.5. The molecule has 0 unspecified atom stereocenters. The van der Waals surface area contributed by atoms with Crippen molar-refractivity contribution in [2.75, 3.05) is 18.0 Å². The first-order valence-electron chi connectivity index (χ1n) is 10.5. The van der Waals surface area contributed by atoms with Gasteiger partial charge < -0.3 is 10.0 Å². The van der Waals surface area contributed by atoms with Crippen molar-refractivity contribution in [2.45, 2.75) is 24.9 Å². The largest absolute Gasteiger partial charge is 0.380 e.